The van der Waals surface area contributed by atoms with Crippen LogP contribution < -0.4 is 5.73 Å². The average Bonchev–Trinajstić information content (AvgIpc) is 3.20. The van der Waals surface area contributed by atoms with Gasteiger partial charge in [-0.2, -0.15) is 0 Å². The largest absolute Gasteiger partial charge is 0.444 e. The number of nitrogens with zero attached hydrogens (tertiary/aromatic N) is 5. The molecule has 0 saturated heterocycles. The van der Waals surface area contributed by atoms with E-state index in [1.165, 1.54) is 4.90 Å². The molecule has 1 aromatic heterocycles. The summed E-state index contributed by atoms with van der Waals surface area (Å²) in [7, 11) is 5.19. The average molecular weight is 447 g/mol. The minimum Gasteiger partial charge on any atom is -0.444 e. The molecule has 1 aliphatic rings. The molecule has 2 unspecified atom stereocenters. The number of anilines is 1. The molecule has 3 N–H and O–H groups in total. The molecule has 1 amide bonds. The zero-order valence-electron chi connectivity index (χ0n) is 18.9. The lowest BCUT2D eigenvalue weighted by Gasteiger charge is -2.19. The number of aliphatic hydroxyl groups excluding tert-OH is 1. The van der Waals surface area contributed by atoms with Crippen LogP contribution >= 0.6 is 0 Å². The lowest BCUT2D eigenvalue weighted by Crippen LogP contribution is -2.21. The third-order valence-electron chi connectivity index (χ3n) is 5.32. The van der Waals surface area contributed by atoms with Gasteiger partial charge in [0.1, 0.15) is 5.69 Å². The van der Waals surface area contributed by atoms with Crippen LogP contribution in [0.15, 0.2) is 59.8 Å². The van der Waals surface area contributed by atoms with Crippen LogP contribution in [0.25, 0.3) is 11.3 Å². The maximum absolute atomic E-state index is 12.1. The van der Waals surface area contributed by atoms with Crippen molar-refractivity contribution in [1.29, 1.82) is 0 Å². The van der Waals surface area contributed by atoms with Crippen molar-refractivity contribution in [2.75, 3.05) is 26.9 Å². The SMILES string of the molecule is CC(O)c1cccc(C2=NN(C)C(c3nc(-c4ccc(C(=O)N(C)C)cc4)cnc3N)O2)c1. The number of nitrogen functional groups attached to an aromatic ring is 1. The highest BCUT2D eigenvalue weighted by Gasteiger charge is 2.31. The maximum Gasteiger partial charge on any atom is 0.253 e. The predicted molar refractivity (Wildman–Crippen MR) is 125 cm³/mol. The van der Waals surface area contributed by atoms with Crippen LogP contribution in [0, 0.1) is 0 Å². The van der Waals surface area contributed by atoms with Gasteiger partial charge in [-0.15, -0.1) is 5.10 Å². The molecule has 0 aliphatic carbocycles. The van der Waals surface area contributed by atoms with Gasteiger partial charge in [0.2, 0.25) is 12.1 Å². The number of amides is 1. The van der Waals surface area contributed by atoms with Crippen LogP contribution in [-0.4, -0.2) is 57.9 Å². The van der Waals surface area contributed by atoms with Crippen molar-refractivity contribution in [2.24, 2.45) is 5.10 Å². The summed E-state index contributed by atoms with van der Waals surface area (Å²) in [5.74, 6) is 0.572. The first-order valence-electron chi connectivity index (χ1n) is 10.5. The first kappa shape index (κ1) is 22.2. The molecule has 0 bridgehead atoms. The summed E-state index contributed by atoms with van der Waals surface area (Å²) < 4.78 is 6.09. The zero-order chi connectivity index (χ0) is 23.7. The van der Waals surface area contributed by atoms with Gasteiger partial charge in [-0.3, -0.25) is 9.80 Å². The fourth-order valence-electron chi connectivity index (χ4n) is 3.47. The minimum absolute atomic E-state index is 0.0732. The minimum atomic E-state index is -0.655. The normalized spacial score (nSPS) is 16.2. The molecule has 0 fully saturated rings. The molecule has 4 rings (SSSR count). The maximum atomic E-state index is 12.1. The molecule has 170 valence electrons. The Morgan fingerprint density at radius 3 is 2.58 bits per heavy atom. The quantitative estimate of drug-likeness (QED) is 0.619. The fraction of sp³-hybridized carbons (Fsp3) is 0.250. The molecule has 2 heterocycles. The highest BCUT2D eigenvalue weighted by Crippen LogP contribution is 2.32. The van der Waals surface area contributed by atoms with E-state index in [-0.39, 0.29) is 11.7 Å². The number of hydrazone groups is 1. The summed E-state index contributed by atoms with van der Waals surface area (Å²) in [6, 6.07) is 14.5. The standard InChI is InChI=1S/C24H26N6O3/c1-14(31)17-6-5-7-18(12-17)22-28-30(4)24(33-22)20-21(25)26-13-19(27-20)15-8-10-16(11-9-15)23(32)29(2)3/h5-14,24,31H,1-4H3,(H2,25,26). The van der Waals surface area contributed by atoms with Crippen molar-refractivity contribution in [1.82, 2.24) is 19.9 Å². The van der Waals surface area contributed by atoms with Crippen molar-refractivity contribution in [3.05, 3.63) is 77.1 Å². The molecule has 1 aliphatic heterocycles. The molecule has 0 spiro atoms. The molecule has 33 heavy (non-hydrogen) atoms. The zero-order valence-corrected chi connectivity index (χ0v) is 18.9. The van der Waals surface area contributed by atoms with Crippen LogP contribution in [0.2, 0.25) is 0 Å². The van der Waals surface area contributed by atoms with Crippen LogP contribution in [0.5, 0.6) is 0 Å². The van der Waals surface area contributed by atoms with E-state index in [4.69, 9.17) is 15.5 Å². The van der Waals surface area contributed by atoms with Gasteiger partial charge < -0.3 is 20.5 Å². The Morgan fingerprint density at radius 2 is 1.91 bits per heavy atom. The smallest absolute Gasteiger partial charge is 0.253 e. The number of aromatic nitrogens is 2. The Morgan fingerprint density at radius 1 is 1.18 bits per heavy atom. The Balaban J connectivity index is 1.60. The van der Waals surface area contributed by atoms with Gasteiger partial charge in [0.15, 0.2) is 5.82 Å². The lowest BCUT2D eigenvalue weighted by atomic mass is 10.1. The number of hydrogen-bond acceptors (Lipinski definition) is 8. The van der Waals surface area contributed by atoms with Crippen molar-refractivity contribution in [2.45, 2.75) is 19.3 Å². The molecule has 0 saturated carbocycles. The second kappa shape index (κ2) is 8.87. The molecule has 3 aromatic rings. The summed E-state index contributed by atoms with van der Waals surface area (Å²) in [6.07, 6.45) is 0.333. The number of ether oxygens (including phenoxy) is 1. The number of hydrogen-bond donors (Lipinski definition) is 2. The van der Waals surface area contributed by atoms with Gasteiger partial charge in [0.05, 0.1) is 18.0 Å². The Bertz CT molecular complexity index is 1210. The monoisotopic (exact) mass is 446 g/mol. The second-order valence-electron chi connectivity index (χ2n) is 8.05. The van der Waals surface area contributed by atoms with Gasteiger partial charge in [0, 0.05) is 37.8 Å². The number of aliphatic hydroxyl groups is 1. The van der Waals surface area contributed by atoms with E-state index in [1.54, 1.807) is 51.4 Å². The van der Waals surface area contributed by atoms with Crippen LogP contribution in [0.4, 0.5) is 5.82 Å². The highest BCUT2D eigenvalue weighted by atomic mass is 16.5. The van der Waals surface area contributed by atoms with E-state index in [9.17, 15) is 9.90 Å². The Labute approximate surface area is 192 Å². The van der Waals surface area contributed by atoms with Crippen molar-refractivity contribution < 1.29 is 14.6 Å². The molecule has 9 heteroatoms. The molecule has 0 radical (unpaired) electrons. The summed E-state index contributed by atoms with van der Waals surface area (Å²) in [5.41, 5.74) is 10.1. The van der Waals surface area contributed by atoms with Crippen molar-refractivity contribution >= 4 is 17.6 Å². The predicted octanol–water partition coefficient (Wildman–Crippen LogP) is 2.80. The molecular formula is C24H26N6O3. The fourth-order valence-corrected chi connectivity index (χ4v) is 3.47. The van der Waals surface area contributed by atoms with Gasteiger partial charge in [-0.05, 0) is 36.8 Å². The summed E-state index contributed by atoms with van der Waals surface area (Å²) in [5, 5.41) is 16.0. The van der Waals surface area contributed by atoms with E-state index in [1.807, 2.05) is 36.4 Å². The molecule has 2 aromatic carbocycles. The van der Waals surface area contributed by atoms with Gasteiger partial charge >= 0.3 is 0 Å². The second-order valence-corrected chi connectivity index (χ2v) is 8.05. The summed E-state index contributed by atoms with van der Waals surface area (Å²) in [6.45, 7) is 1.70. The highest BCUT2D eigenvalue weighted by molar-refractivity contribution is 5.95. The summed E-state index contributed by atoms with van der Waals surface area (Å²) in [4.78, 5) is 22.7. The topological polar surface area (TPSA) is 117 Å². The third-order valence-corrected chi connectivity index (χ3v) is 5.32. The van der Waals surface area contributed by atoms with E-state index < -0.39 is 12.3 Å². The van der Waals surface area contributed by atoms with Crippen LogP contribution in [0.3, 0.4) is 0 Å². The number of benzene rings is 2. The van der Waals surface area contributed by atoms with Gasteiger partial charge in [0.25, 0.3) is 5.91 Å². The number of rotatable bonds is 5. The molecule has 2 atom stereocenters. The van der Waals surface area contributed by atoms with E-state index >= 15 is 0 Å². The van der Waals surface area contributed by atoms with Gasteiger partial charge in [-0.1, -0.05) is 24.3 Å². The Kier molecular flexibility index (Phi) is 5.97. The number of nitrogens with two attached hydrogens (primary N) is 1. The van der Waals surface area contributed by atoms with Crippen LogP contribution in [-0.2, 0) is 4.74 Å². The summed E-state index contributed by atoms with van der Waals surface area (Å²) >= 11 is 0. The van der Waals surface area contributed by atoms with Crippen molar-refractivity contribution in [3.63, 3.8) is 0 Å². The first-order valence-corrected chi connectivity index (χ1v) is 10.5. The molecule has 9 nitrogen and oxygen atoms in total. The molecular weight excluding hydrogens is 420 g/mol. The lowest BCUT2D eigenvalue weighted by molar-refractivity contribution is 0.0744. The number of carbonyl (C=O) groups excluding carboxylic acids is 1. The number of carbonyl (C=O) groups is 1. The Hall–Kier alpha value is -3.98. The van der Waals surface area contributed by atoms with E-state index in [0.29, 0.717) is 22.8 Å². The van der Waals surface area contributed by atoms with Gasteiger partial charge in [-0.25, -0.2) is 9.97 Å². The van der Waals surface area contributed by atoms with E-state index in [2.05, 4.69) is 10.1 Å². The third kappa shape index (κ3) is 4.49. The van der Waals surface area contributed by atoms with Crippen molar-refractivity contribution in [3.8, 4) is 11.3 Å². The van der Waals surface area contributed by atoms with Crippen LogP contribution in [0.1, 0.15) is 46.4 Å². The van der Waals surface area contributed by atoms with E-state index in [0.717, 1.165) is 16.7 Å². The first-order chi connectivity index (χ1) is 15.7.